The number of amides is 1. The average molecular weight is 607 g/mol. The molecule has 1 atom stereocenters. The molecule has 2 heterocycles. The summed E-state index contributed by atoms with van der Waals surface area (Å²) in [6.45, 7) is 10.1. The van der Waals surface area contributed by atoms with Crippen LogP contribution in [-0.4, -0.2) is 41.9 Å². The second-order valence-corrected chi connectivity index (χ2v) is 13.4. The first kappa shape index (κ1) is 30.8. The molecule has 9 nitrogen and oxygen atoms in total. The highest BCUT2D eigenvalue weighted by Crippen LogP contribution is 2.41. The number of ether oxygens (including phenoxy) is 1. The number of carbonyl (C=O) groups is 1. The number of aliphatic imine (C=N–C) groups is 1. The molecule has 1 aromatic heterocycles. The van der Waals surface area contributed by atoms with Gasteiger partial charge in [0, 0.05) is 23.1 Å². The lowest BCUT2D eigenvalue weighted by Gasteiger charge is -2.24. The first-order chi connectivity index (χ1) is 20.6. The van der Waals surface area contributed by atoms with Crippen molar-refractivity contribution in [3.8, 4) is 16.9 Å². The molecule has 230 valence electrons. The molecule has 0 saturated heterocycles. The number of benzene rings is 2. The van der Waals surface area contributed by atoms with Crippen molar-refractivity contribution in [3.63, 3.8) is 0 Å². The summed E-state index contributed by atoms with van der Waals surface area (Å²) in [5, 5.41) is 3.88. The highest BCUT2D eigenvalue weighted by Gasteiger charge is 2.49. The number of aromatic nitrogens is 1. The molecule has 5 rings (SSSR count). The Morgan fingerprint density at radius 3 is 2.51 bits per heavy atom. The molecular formula is C33H42N4O5S. The number of amidine groups is 1. The molecule has 1 fully saturated rings. The predicted octanol–water partition coefficient (Wildman–Crippen LogP) is 7.18. The van der Waals surface area contributed by atoms with Crippen LogP contribution >= 0.6 is 0 Å². The minimum absolute atomic E-state index is 0.101. The van der Waals surface area contributed by atoms with Gasteiger partial charge in [0.25, 0.3) is 15.9 Å². The lowest BCUT2D eigenvalue weighted by molar-refractivity contribution is -0.131. The zero-order valence-electron chi connectivity index (χ0n) is 25.8. The van der Waals surface area contributed by atoms with E-state index in [2.05, 4.69) is 16.8 Å². The lowest BCUT2D eigenvalue weighted by atomic mass is 9.97. The standard InChI is InChI=1S/C33H42N4O5S/c1-6-8-15-30-34-33(18-11-12-19-33)32(38)37(30)21-25-16-17-26(28(20-25)41-22(3)7-2)27-13-9-10-14-29(27)43(39,40)36-31-23(4)24(5)42-35-31/h9-10,13-14,16-17,20,22H,6-8,11-12,15,18-19,21H2,1-5H3,(H,35,36). The molecular weight excluding hydrogens is 564 g/mol. The Hall–Kier alpha value is -3.66. The summed E-state index contributed by atoms with van der Waals surface area (Å²) >= 11 is 0. The van der Waals surface area contributed by atoms with E-state index in [-0.39, 0.29) is 22.7 Å². The maximum Gasteiger partial charge on any atom is 0.263 e. The van der Waals surface area contributed by atoms with Gasteiger partial charge < -0.3 is 9.26 Å². The highest BCUT2D eigenvalue weighted by molar-refractivity contribution is 7.92. The largest absolute Gasteiger partial charge is 0.490 e. The molecule has 1 amide bonds. The van der Waals surface area contributed by atoms with E-state index in [0.29, 0.717) is 34.7 Å². The predicted molar refractivity (Wildman–Crippen MR) is 168 cm³/mol. The van der Waals surface area contributed by atoms with Gasteiger partial charge >= 0.3 is 0 Å². The number of nitrogens with one attached hydrogen (secondary N) is 1. The summed E-state index contributed by atoms with van der Waals surface area (Å²) in [6.07, 6.45) is 7.14. The minimum Gasteiger partial charge on any atom is -0.490 e. The minimum atomic E-state index is -4.01. The fourth-order valence-electron chi connectivity index (χ4n) is 5.78. The number of aryl methyl sites for hydroxylation is 1. The molecule has 1 aliphatic heterocycles. The van der Waals surface area contributed by atoms with Crippen LogP contribution in [0.1, 0.15) is 89.0 Å². The van der Waals surface area contributed by atoms with Crippen molar-refractivity contribution in [2.24, 2.45) is 4.99 Å². The van der Waals surface area contributed by atoms with Crippen LogP contribution in [0.15, 0.2) is 56.9 Å². The van der Waals surface area contributed by atoms with Gasteiger partial charge in [-0.3, -0.25) is 19.4 Å². The number of sulfonamides is 1. The van der Waals surface area contributed by atoms with Gasteiger partial charge in [0.05, 0.1) is 17.5 Å². The van der Waals surface area contributed by atoms with E-state index < -0.39 is 15.6 Å². The molecule has 0 radical (unpaired) electrons. The van der Waals surface area contributed by atoms with Crippen LogP contribution < -0.4 is 9.46 Å². The fraction of sp³-hybridized carbons (Fsp3) is 0.485. The van der Waals surface area contributed by atoms with E-state index in [1.807, 2.05) is 36.9 Å². The van der Waals surface area contributed by atoms with E-state index >= 15 is 0 Å². The van der Waals surface area contributed by atoms with E-state index in [1.165, 1.54) is 0 Å². The van der Waals surface area contributed by atoms with Crippen LogP contribution in [0.5, 0.6) is 5.75 Å². The first-order valence-corrected chi connectivity index (χ1v) is 16.8. The van der Waals surface area contributed by atoms with Crippen molar-refractivity contribution in [2.75, 3.05) is 4.72 Å². The summed E-state index contributed by atoms with van der Waals surface area (Å²) < 4.78 is 41.4. The van der Waals surface area contributed by atoms with Crippen molar-refractivity contribution in [3.05, 3.63) is 59.4 Å². The Kier molecular flexibility index (Phi) is 8.96. The van der Waals surface area contributed by atoms with Crippen molar-refractivity contribution < 1.29 is 22.5 Å². The SMILES string of the molecule is CCCCC1=NC2(CCCC2)C(=O)N1Cc1ccc(-c2ccccc2S(=O)(=O)Nc2noc(C)c2C)c(OC(C)CC)c1. The lowest BCUT2D eigenvalue weighted by Crippen LogP contribution is -2.40. The topological polar surface area (TPSA) is 114 Å². The molecule has 10 heteroatoms. The van der Waals surface area contributed by atoms with Gasteiger partial charge in [-0.15, -0.1) is 0 Å². The van der Waals surface area contributed by atoms with Gasteiger partial charge in [-0.2, -0.15) is 0 Å². The van der Waals surface area contributed by atoms with E-state index in [9.17, 15) is 13.2 Å². The maximum atomic E-state index is 13.7. The molecule has 1 saturated carbocycles. The van der Waals surface area contributed by atoms with E-state index in [0.717, 1.165) is 62.8 Å². The second kappa shape index (κ2) is 12.5. The maximum absolute atomic E-state index is 13.7. The summed E-state index contributed by atoms with van der Waals surface area (Å²) in [6, 6.07) is 12.6. The van der Waals surface area contributed by atoms with Crippen LogP contribution in [0.3, 0.4) is 0 Å². The molecule has 0 bridgehead atoms. The molecule has 1 N–H and O–H groups in total. The third-order valence-corrected chi connectivity index (χ3v) is 10.0. The molecule has 43 heavy (non-hydrogen) atoms. The number of anilines is 1. The number of hydrogen-bond acceptors (Lipinski definition) is 7. The normalized spacial score (nSPS) is 17.0. The summed E-state index contributed by atoms with van der Waals surface area (Å²) in [5.41, 5.74) is 2.09. The van der Waals surface area contributed by atoms with Crippen LogP contribution in [0.25, 0.3) is 11.1 Å². The Morgan fingerprint density at radius 1 is 1.09 bits per heavy atom. The number of nitrogens with zero attached hydrogens (tertiary/aromatic N) is 3. The Balaban J connectivity index is 1.51. The third kappa shape index (κ3) is 6.20. The van der Waals surface area contributed by atoms with Crippen molar-refractivity contribution in [1.82, 2.24) is 10.1 Å². The summed E-state index contributed by atoms with van der Waals surface area (Å²) in [7, 11) is -4.01. The number of unbranched alkanes of at least 4 members (excludes halogenated alkanes) is 1. The molecule has 3 aromatic rings. The highest BCUT2D eigenvalue weighted by atomic mass is 32.2. The number of rotatable bonds is 12. The van der Waals surface area contributed by atoms with Gasteiger partial charge in [0.15, 0.2) is 5.82 Å². The monoisotopic (exact) mass is 606 g/mol. The van der Waals surface area contributed by atoms with Crippen molar-refractivity contribution in [2.45, 2.75) is 109 Å². The molecule has 1 aliphatic carbocycles. The average Bonchev–Trinajstić information content (AvgIpc) is 3.67. The molecule has 1 unspecified atom stereocenters. The summed E-state index contributed by atoms with van der Waals surface area (Å²) in [4.78, 5) is 20.7. The smallest absolute Gasteiger partial charge is 0.263 e. The first-order valence-electron chi connectivity index (χ1n) is 15.3. The van der Waals surface area contributed by atoms with Crippen LogP contribution in [-0.2, 0) is 21.4 Å². The van der Waals surface area contributed by atoms with Crippen LogP contribution in [0, 0.1) is 13.8 Å². The summed E-state index contributed by atoms with van der Waals surface area (Å²) in [5.74, 6) is 2.25. The number of hydrogen-bond donors (Lipinski definition) is 1. The van der Waals surface area contributed by atoms with E-state index in [4.69, 9.17) is 14.3 Å². The van der Waals surface area contributed by atoms with Gasteiger partial charge in [0.2, 0.25) is 0 Å². The van der Waals surface area contributed by atoms with Gasteiger partial charge in [-0.05, 0) is 64.2 Å². The van der Waals surface area contributed by atoms with Gasteiger partial charge in [-0.25, -0.2) is 8.42 Å². The third-order valence-electron chi connectivity index (χ3n) is 8.63. The molecule has 1 spiro atoms. The molecule has 2 aromatic carbocycles. The second-order valence-electron chi connectivity index (χ2n) is 11.7. The Bertz CT molecular complexity index is 1620. The van der Waals surface area contributed by atoms with Gasteiger partial charge in [0.1, 0.15) is 22.9 Å². The Labute approximate surface area is 254 Å². The Morgan fingerprint density at radius 2 is 1.84 bits per heavy atom. The van der Waals surface area contributed by atoms with Crippen molar-refractivity contribution in [1.29, 1.82) is 0 Å². The van der Waals surface area contributed by atoms with E-state index in [1.54, 1.807) is 38.1 Å². The quantitative estimate of drug-likeness (QED) is 0.234. The zero-order valence-corrected chi connectivity index (χ0v) is 26.6. The van der Waals surface area contributed by atoms with Crippen LogP contribution in [0.4, 0.5) is 5.82 Å². The van der Waals surface area contributed by atoms with Gasteiger partial charge in [-0.1, -0.05) is 68.6 Å². The number of carbonyl (C=O) groups excluding carboxylic acids is 1. The zero-order chi connectivity index (χ0) is 30.8. The molecule has 2 aliphatic rings. The van der Waals surface area contributed by atoms with Crippen molar-refractivity contribution >= 4 is 27.6 Å². The van der Waals surface area contributed by atoms with Crippen LogP contribution in [0.2, 0.25) is 0 Å². The fourth-order valence-corrected chi connectivity index (χ4v) is 7.06.